The van der Waals surface area contributed by atoms with Crippen molar-refractivity contribution in [3.05, 3.63) is 0 Å². The predicted octanol–water partition coefficient (Wildman–Crippen LogP) is 2.29. The molecule has 100 valence electrons. The van der Waals surface area contributed by atoms with Gasteiger partial charge >= 0.3 is 0 Å². The van der Waals surface area contributed by atoms with E-state index in [4.69, 9.17) is 5.73 Å². The Morgan fingerprint density at radius 3 is 2.53 bits per heavy atom. The Bertz CT molecular complexity index is 244. The molecule has 1 rings (SSSR count). The Labute approximate surface area is 109 Å². The van der Waals surface area contributed by atoms with Crippen molar-refractivity contribution in [2.75, 3.05) is 5.75 Å². The van der Waals surface area contributed by atoms with Crippen molar-refractivity contribution in [3.63, 3.8) is 0 Å². The summed E-state index contributed by atoms with van der Waals surface area (Å²) in [4.78, 5) is 12.0. The standard InChI is InChI=1S/C13H26N2OS/c1-10(17-9-13(2,3)14)12(16)15-11-7-5-4-6-8-11/h10-11H,4-9,14H2,1-3H3,(H,15,16). The maximum atomic E-state index is 12.0. The lowest BCUT2D eigenvalue weighted by molar-refractivity contribution is -0.121. The van der Waals surface area contributed by atoms with E-state index in [0.717, 1.165) is 18.6 Å². The average molecular weight is 258 g/mol. The van der Waals surface area contributed by atoms with E-state index in [2.05, 4.69) is 5.32 Å². The first-order valence-corrected chi connectivity index (χ1v) is 7.64. The zero-order chi connectivity index (χ0) is 12.9. The lowest BCUT2D eigenvalue weighted by Gasteiger charge is -2.25. The smallest absolute Gasteiger partial charge is 0.233 e. The van der Waals surface area contributed by atoms with Crippen LogP contribution in [0.15, 0.2) is 0 Å². The van der Waals surface area contributed by atoms with Crippen molar-refractivity contribution in [1.82, 2.24) is 5.32 Å². The van der Waals surface area contributed by atoms with Crippen LogP contribution < -0.4 is 11.1 Å². The number of carbonyl (C=O) groups excluding carboxylic acids is 1. The van der Waals surface area contributed by atoms with Crippen LogP contribution in [-0.2, 0) is 4.79 Å². The highest BCUT2D eigenvalue weighted by molar-refractivity contribution is 8.00. The number of rotatable bonds is 5. The van der Waals surface area contributed by atoms with E-state index in [9.17, 15) is 4.79 Å². The largest absolute Gasteiger partial charge is 0.352 e. The first-order chi connectivity index (χ1) is 7.88. The van der Waals surface area contributed by atoms with Crippen LogP contribution >= 0.6 is 11.8 Å². The van der Waals surface area contributed by atoms with E-state index in [0.29, 0.717) is 6.04 Å². The van der Waals surface area contributed by atoms with E-state index in [1.54, 1.807) is 11.8 Å². The molecular weight excluding hydrogens is 232 g/mol. The summed E-state index contributed by atoms with van der Waals surface area (Å²) in [6, 6.07) is 0.408. The summed E-state index contributed by atoms with van der Waals surface area (Å²) in [5, 5.41) is 3.15. The quantitative estimate of drug-likeness (QED) is 0.795. The van der Waals surface area contributed by atoms with E-state index >= 15 is 0 Å². The number of nitrogens with one attached hydrogen (secondary N) is 1. The fourth-order valence-electron chi connectivity index (χ4n) is 1.98. The summed E-state index contributed by atoms with van der Waals surface area (Å²) in [7, 11) is 0. The molecule has 3 N–H and O–H groups in total. The summed E-state index contributed by atoms with van der Waals surface area (Å²) < 4.78 is 0. The van der Waals surface area contributed by atoms with Gasteiger partial charge in [-0.25, -0.2) is 0 Å². The molecule has 1 aliphatic carbocycles. The second-order valence-corrected chi connectivity index (χ2v) is 7.11. The highest BCUT2D eigenvalue weighted by atomic mass is 32.2. The molecule has 0 bridgehead atoms. The van der Waals surface area contributed by atoms with Crippen LogP contribution in [0.3, 0.4) is 0 Å². The maximum Gasteiger partial charge on any atom is 0.233 e. The molecule has 1 unspecified atom stereocenters. The van der Waals surface area contributed by atoms with Gasteiger partial charge in [-0.3, -0.25) is 4.79 Å². The molecule has 1 saturated carbocycles. The van der Waals surface area contributed by atoms with Gasteiger partial charge < -0.3 is 11.1 Å². The van der Waals surface area contributed by atoms with Crippen molar-refractivity contribution in [3.8, 4) is 0 Å². The predicted molar refractivity (Wildman–Crippen MR) is 75.2 cm³/mol. The van der Waals surface area contributed by atoms with Crippen LogP contribution in [0.5, 0.6) is 0 Å². The van der Waals surface area contributed by atoms with Gasteiger partial charge in [0.2, 0.25) is 5.91 Å². The second-order valence-electron chi connectivity index (χ2n) is 5.79. The Hall–Kier alpha value is -0.220. The average Bonchev–Trinajstić information content (AvgIpc) is 2.26. The first kappa shape index (κ1) is 14.8. The molecule has 0 aliphatic heterocycles. The van der Waals surface area contributed by atoms with Crippen LogP contribution in [0.4, 0.5) is 0 Å². The van der Waals surface area contributed by atoms with E-state index < -0.39 is 0 Å². The normalized spacial score (nSPS) is 20.0. The number of hydrogen-bond acceptors (Lipinski definition) is 3. The van der Waals surface area contributed by atoms with Crippen molar-refractivity contribution < 1.29 is 4.79 Å². The van der Waals surface area contributed by atoms with Crippen molar-refractivity contribution in [1.29, 1.82) is 0 Å². The van der Waals surface area contributed by atoms with Gasteiger partial charge in [0, 0.05) is 17.3 Å². The zero-order valence-corrected chi connectivity index (χ0v) is 12.1. The molecule has 0 radical (unpaired) electrons. The topological polar surface area (TPSA) is 55.1 Å². The molecule has 0 heterocycles. The van der Waals surface area contributed by atoms with Gasteiger partial charge in [0.25, 0.3) is 0 Å². The van der Waals surface area contributed by atoms with E-state index in [1.807, 2.05) is 20.8 Å². The first-order valence-electron chi connectivity index (χ1n) is 6.59. The number of carbonyl (C=O) groups is 1. The van der Waals surface area contributed by atoms with Gasteiger partial charge in [-0.2, -0.15) is 0 Å². The van der Waals surface area contributed by atoms with Crippen LogP contribution in [0.25, 0.3) is 0 Å². The summed E-state index contributed by atoms with van der Waals surface area (Å²) >= 11 is 1.64. The Kier molecular flexibility index (Phi) is 5.80. The molecule has 0 saturated heterocycles. The number of amides is 1. The SMILES string of the molecule is CC(SCC(C)(C)N)C(=O)NC1CCCCC1. The lowest BCUT2D eigenvalue weighted by Crippen LogP contribution is -2.42. The van der Waals surface area contributed by atoms with Crippen molar-refractivity contribution >= 4 is 17.7 Å². The fraction of sp³-hybridized carbons (Fsp3) is 0.923. The monoisotopic (exact) mass is 258 g/mol. The van der Waals surface area contributed by atoms with Gasteiger partial charge in [0.15, 0.2) is 0 Å². The van der Waals surface area contributed by atoms with Gasteiger partial charge in [0.05, 0.1) is 5.25 Å². The Morgan fingerprint density at radius 1 is 1.41 bits per heavy atom. The van der Waals surface area contributed by atoms with Crippen molar-refractivity contribution in [2.24, 2.45) is 5.73 Å². The summed E-state index contributed by atoms with van der Waals surface area (Å²) in [5.74, 6) is 0.984. The summed E-state index contributed by atoms with van der Waals surface area (Å²) in [5.41, 5.74) is 5.71. The molecule has 0 aromatic rings. The summed E-state index contributed by atoms with van der Waals surface area (Å²) in [6.45, 7) is 5.95. The van der Waals surface area contributed by atoms with E-state index in [1.165, 1.54) is 19.3 Å². The third-order valence-corrected chi connectivity index (χ3v) is 4.65. The van der Waals surface area contributed by atoms with Crippen LogP contribution in [0.1, 0.15) is 52.9 Å². The lowest BCUT2D eigenvalue weighted by atomic mass is 9.95. The number of hydrogen-bond donors (Lipinski definition) is 2. The highest BCUT2D eigenvalue weighted by Crippen LogP contribution is 2.20. The highest BCUT2D eigenvalue weighted by Gasteiger charge is 2.21. The number of thioether (sulfide) groups is 1. The molecule has 17 heavy (non-hydrogen) atoms. The molecule has 4 heteroatoms. The Morgan fingerprint density at radius 2 is 2.00 bits per heavy atom. The molecule has 0 aromatic heterocycles. The molecule has 0 spiro atoms. The fourth-order valence-corrected chi connectivity index (χ4v) is 2.88. The molecule has 1 fully saturated rings. The minimum absolute atomic E-state index is 0.000230. The molecule has 3 nitrogen and oxygen atoms in total. The molecular formula is C13H26N2OS. The molecule has 0 aromatic carbocycles. The van der Waals surface area contributed by atoms with Crippen molar-refractivity contribution in [2.45, 2.75) is 69.7 Å². The molecule has 1 atom stereocenters. The minimum atomic E-state index is -0.204. The van der Waals surface area contributed by atoms with Gasteiger partial charge in [0.1, 0.15) is 0 Å². The van der Waals surface area contributed by atoms with Crippen LogP contribution in [0.2, 0.25) is 0 Å². The minimum Gasteiger partial charge on any atom is -0.352 e. The maximum absolute atomic E-state index is 12.0. The second kappa shape index (κ2) is 6.64. The third-order valence-electron chi connectivity index (χ3n) is 3.03. The van der Waals surface area contributed by atoms with Crippen LogP contribution in [-0.4, -0.2) is 28.5 Å². The summed E-state index contributed by atoms with van der Waals surface area (Å²) in [6.07, 6.45) is 6.11. The van der Waals surface area contributed by atoms with Gasteiger partial charge in [-0.1, -0.05) is 19.3 Å². The van der Waals surface area contributed by atoms with Crippen LogP contribution in [0, 0.1) is 0 Å². The third kappa shape index (κ3) is 6.32. The molecule has 1 amide bonds. The molecule has 1 aliphatic rings. The zero-order valence-electron chi connectivity index (χ0n) is 11.3. The van der Waals surface area contributed by atoms with Gasteiger partial charge in [-0.15, -0.1) is 11.8 Å². The van der Waals surface area contributed by atoms with E-state index in [-0.39, 0.29) is 16.7 Å². The van der Waals surface area contributed by atoms with Gasteiger partial charge in [-0.05, 0) is 33.6 Å². The number of nitrogens with two attached hydrogens (primary N) is 1. The Balaban J connectivity index is 2.26.